The number of hydrogen-bond donors (Lipinski definition) is 1. The van der Waals surface area contributed by atoms with Crippen molar-refractivity contribution >= 4 is 5.91 Å². The van der Waals surface area contributed by atoms with Crippen molar-refractivity contribution in [3.05, 3.63) is 47.0 Å². The maximum absolute atomic E-state index is 13.1. The van der Waals surface area contributed by atoms with E-state index in [-0.39, 0.29) is 5.91 Å². The number of piperidine rings is 1. The molecule has 0 aromatic carbocycles. The maximum Gasteiger partial charge on any atom is 0.274 e. The molecule has 2 aromatic rings. The van der Waals surface area contributed by atoms with Gasteiger partial charge in [-0.3, -0.25) is 14.5 Å². The van der Waals surface area contributed by atoms with Crippen molar-refractivity contribution in [1.82, 2.24) is 25.0 Å². The zero-order valence-corrected chi connectivity index (χ0v) is 17.6. The normalized spacial score (nSPS) is 19.2. The van der Waals surface area contributed by atoms with Crippen LogP contribution in [0.25, 0.3) is 0 Å². The summed E-state index contributed by atoms with van der Waals surface area (Å²) in [5.41, 5.74) is 4.53. The number of carbonyl (C=O) groups excluding carboxylic acids is 1. The van der Waals surface area contributed by atoms with Crippen molar-refractivity contribution in [2.45, 2.75) is 70.9 Å². The van der Waals surface area contributed by atoms with E-state index in [2.05, 4.69) is 34.0 Å². The van der Waals surface area contributed by atoms with Crippen molar-refractivity contribution in [3.8, 4) is 0 Å². The monoisotopic (exact) mass is 395 g/mol. The highest BCUT2D eigenvalue weighted by atomic mass is 16.2. The van der Waals surface area contributed by atoms with Crippen molar-refractivity contribution in [1.29, 1.82) is 0 Å². The number of carbonyl (C=O) groups is 1. The Morgan fingerprint density at radius 1 is 1.21 bits per heavy atom. The fourth-order valence-corrected chi connectivity index (χ4v) is 4.69. The highest BCUT2D eigenvalue weighted by molar-refractivity contribution is 5.94. The van der Waals surface area contributed by atoms with E-state index < -0.39 is 0 Å². The van der Waals surface area contributed by atoms with Gasteiger partial charge < -0.3 is 10.2 Å². The number of aromatic nitrogens is 3. The van der Waals surface area contributed by atoms with Crippen LogP contribution in [0.15, 0.2) is 24.5 Å². The van der Waals surface area contributed by atoms with Crippen LogP contribution in [-0.4, -0.2) is 51.2 Å². The molecule has 1 aliphatic heterocycles. The SMILES string of the molecule is CCn1nc(C(=O)N2CCCCC2)c2c1CC[C@@H](NCCCc1ccncc1)C2. The summed E-state index contributed by atoms with van der Waals surface area (Å²) in [5.74, 6) is 0.145. The summed E-state index contributed by atoms with van der Waals surface area (Å²) < 4.78 is 2.06. The second-order valence-corrected chi connectivity index (χ2v) is 8.30. The molecule has 6 heteroatoms. The van der Waals surface area contributed by atoms with E-state index in [1.54, 1.807) is 0 Å². The Morgan fingerprint density at radius 2 is 2.00 bits per heavy atom. The number of pyridine rings is 1. The van der Waals surface area contributed by atoms with Crippen LogP contribution in [0.1, 0.15) is 66.3 Å². The second-order valence-electron chi connectivity index (χ2n) is 8.30. The number of fused-ring (bicyclic) bond motifs is 1. The zero-order valence-electron chi connectivity index (χ0n) is 17.6. The molecule has 6 nitrogen and oxygen atoms in total. The average molecular weight is 396 g/mol. The smallest absolute Gasteiger partial charge is 0.274 e. The molecule has 1 atom stereocenters. The van der Waals surface area contributed by atoms with Gasteiger partial charge in [-0.25, -0.2) is 0 Å². The highest BCUT2D eigenvalue weighted by Gasteiger charge is 2.31. The summed E-state index contributed by atoms with van der Waals surface area (Å²) >= 11 is 0. The van der Waals surface area contributed by atoms with Crippen LogP contribution in [-0.2, 0) is 25.8 Å². The van der Waals surface area contributed by atoms with Crippen LogP contribution < -0.4 is 5.32 Å². The predicted octanol–water partition coefficient (Wildman–Crippen LogP) is 3.00. The van der Waals surface area contributed by atoms with Gasteiger partial charge in [0, 0.05) is 49.3 Å². The van der Waals surface area contributed by atoms with Crippen molar-refractivity contribution in [2.24, 2.45) is 0 Å². The van der Waals surface area contributed by atoms with Crippen molar-refractivity contribution in [3.63, 3.8) is 0 Å². The van der Waals surface area contributed by atoms with Gasteiger partial charge in [0.25, 0.3) is 5.91 Å². The molecular formula is C23H33N5O. The Balaban J connectivity index is 1.38. The topological polar surface area (TPSA) is 63.1 Å². The van der Waals surface area contributed by atoms with Crippen LogP contribution in [0, 0.1) is 0 Å². The molecule has 156 valence electrons. The molecule has 0 saturated carbocycles. The lowest BCUT2D eigenvalue weighted by atomic mass is 9.90. The first-order valence-electron chi connectivity index (χ1n) is 11.3. The third-order valence-electron chi connectivity index (χ3n) is 6.32. The lowest BCUT2D eigenvalue weighted by molar-refractivity contribution is 0.0716. The van der Waals surface area contributed by atoms with E-state index in [1.807, 2.05) is 17.3 Å². The van der Waals surface area contributed by atoms with Crippen molar-refractivity contribution in [2.75, 3.05) is 19.6 Å². The van der Waals surface area contributed by atoms with E-state index in [0.717, 1.165) is 71.1 Å². The standard InChI is InChI=1S/C23H33N5O/c1-2-28-21-9-8-19(25-12-6-7-18-10-13-24-14-11-18)17-20(21)22(26-28)23(29)27-15-4-3-5-16-27/h10-11,13-14,19,25H,2-9,12,15-17H2,1H3/t19-/m1/s1. The highest BCUT2D eigenvalue weighted by Crippen LogP contribution is 2.26. The Bertz CT molecular complexity index is 810. The van der Waals surface area contributed by atoms with Gasteiger partial charge in [0.15, 0.2) is 5.69 Å². The van der Waals surface area contributed by atoms with Crippen LogP contribution in [0.5, 0.6) is 0 Å². The molecule has 1 aliphatic carbocycles. The van der Waals surface area contributed by atoms with Crippen LogP contribution >= 0.6 is 0 Å². The molecule has 29 heavy (non-hydrogen) atoms. The molecule has 0 unspecified atom stereocenters. The first-order valence-corrected chi connectivity index (χ1v) is 11.3. The number of nitrogens with one attached hydrogen (secondary N) is 1. The summed E-state index contributed by atoms with van der Waals surface area (Å²) in [5, 5.41) is 8.48. The van der Waals surface area contributed by atoms with Crippen LogP contribution in [0.2, 0.25) is 0 Å². The van der Waals surface area contributed by atoms with Crippen LogP contribution in [0.4, 0.5) is 0 Å². The molecule has 2 aromatic heterocycles. The van der Waals surface area contributed by atoms with Gasteiger partial charge in [0.1, 0.15) is 0 Å². The van der Waals surface area contributed by atoms with E-state index in [4.69, 9.17) is 5.10 Å². The molecule has 1 N–H and O–H groups in total. The summed E-state index contributed by atoms with van der Waals surface area (Å²) in [6.07, 6.45) is 12.4. The third-order valence-corrected chi connectivity index (χ3v) is 6.32. The van der Waals surface area contributed by atoms with E-state index in [9.17, 15) is 4.79 Å². The Labute approximate surface area is 173 Å². The zero-order chi connectivity index (χ0) is 20.1. The molecule has 2 aliphatic rings. The first kappa shape index (κ1) is 20.1. The molecule has 4 rings (SSSR count). The second kappa shape index (κ2) is 9.53. The molecule has 1 fully saturated rings. The van der Waals surface area contributed by atoms with E-state index >= 15 is 0 Å². The van der Waals surface area contributed by atoms with Gasteiger partial charge in [-0.1, -0.05) is 0 Å². The maximum atomic E-state index is 13.1. The minimum Gasteiger partial charge on any atom is -0.337 e. The van der Waals surface area contributed by atoms with Gasteiger partial charge >= 0.3 is 0 Å². The minimum atomic E-state index is 0.145. The number of hydrogen-bond acceptors (Lipinski definition) is 4. The van der Waals surface area contributed by atoms with E-state index in [0.29, 0.717) is 11.7 Å². The average Bonchev–Trinajstić information content (AvgIpc) is 3.15. The molecule has 0 radical (unpaired) electrons. The minimum absolute atomic E-state index is 0.145. The largest absolute Gasteiger partial charge is 0.337 e. The quantitative estimate of drug-likeness (QED) is 0.732. The van der Waals surface area contributed by atoms with Crippen molar-refractivity contribution < 1.29 is 4.79 Å². The number of rotatable bonds is 7. The van der Waals surface area contributed by atoms with Gasteiger partial charge in [0.2, 0.25) is 0 Å². The Kier molecular flexibility index (Phi) is 6.60. The molecule has 3 heterocycles. The lowest BCUT2D eigenvalue weighted by Gasteiger charge is -2.27. The number of amides is 1. The van der Waals surface area contributed by atoms with Gasteiger partial charge in [-0.15, -0.1) is 0 Å². The summed E-state index contributed by atoms with van der Waals surface area (Å²) in [7, 11) is 0. The molecule has 0 bridgehead atoms. The van der Waals surface area contributed by atoms with E-state index in [1.165, 1.54) is 23.2 Å². The molecule has 0 spiro atoms. The third kappa shape index (κ3) is 4.69. The molecule has 1 saturated heterocycles. The van der Waals surface area contributed by atoms with Gasteiger partial charge in [-0.05, 0) is 82.5 Å². The lowest BCUT2D eigenvalue weighted by Crippen LogP contribution is -2.38. The number of likely N-dealkylation sites (tertiary alicyclic amines) is 1. The predicted molar refractivity (Wildman–Crippen MR) is 114 cm³/mol. The summed E-state index contributed by atoms with van der Waals surface area (Å²) in [6, 6.07) is 4.61. The van der Waals surface area contributed by atoms with Crippen LogP contribution in [0.3, 0.4) is 0 Å². The van der Waals surface area contributed by atoms with Gasteiger partial charge in [0.05, 0.1) is 0 Å². The number of nitrogens with zero attached hydrogens (tertiary/aromatic N) is 4. The number of aryl methyl sites for hydroxylation is 2. The fourth-order valence-electron chi connectivity index (χ4n) is 4.69. The Morgan fingerprint density at radius 3 is 2.76 bits per heavy atom. The summed E-state index contributed by atoms with van der Waals surface area (Å²) in [4.78, 5) is 19.2. The Hall–Kier alpha value is -2.21. The fraction of sp³-hybridized carbons (Fsp3) is 0.609. The van der Waals surface area contributed by atoms with Gasteiger partial charge in [-0.2, -0.15) is 5.10 Å². The first-order chi connectivity index (χ1) is 14.3. The molecular weight excluding hydrogens is 362 g/mol. The summed E-state index contributed by atoms with van der Waals surface area (Å²) in [6.45, 7) is 5.71. The molecule has 1 amide bonds.